The molecule has 1 unspecified atom stereocenters. The number of aromatic nitrogens is 3. The third kappa shape index (κ3) is 8.08. The van der Waals surface area contributed by atoms with Crippen molar-refractivity contribution in [2.24, 2.45) is 0 Å². The Morgan fingerprint density at radius 3 is 2.44 bits per heavy atom. The minimum absolute atomic E-state index is 0.00979. The molecule has 5 rings (SSSR count). The highest BCUT2D eigenvalue weighted by Crippen LogP contribution is 2.30. The predicted octanol–water partition coefficient (Wildman–Crippen LogP) is 6.35. The molecule has 2 aromatic heterocycles. The van der Waals surface area contributed by atoms with Crippen molar-refractivity contribution >= 4 is 23.6 Å². The molecule has 1 fully saturated rings. The molecule has 10 nitrogen and oxygen atoms in total. The smallest absolute Gasteiger partial charge is 0.254 e. The Morgan fingerprint density at radius 2 is 1.76 bits per heavy atom. The third-order valence-corrected chi connectivity index (χ3v) is 8.85. The van der Waals surface area contributed by atoms with Crippen molar-refractivity contribution in [1.29, 1.82) is 0 Å². The zero-order valence-electron chi connectivity index (χ0n) is 26.2. The first-order valence-electron chi connectivity index (χ1n) is 15.6. The molecule has 45 heavy (non-hydrogen) atoms. The Labute approximate surface area is 268 Å². The van der Waals surface area contributed by atoms with Crippen LogP contribution in [0.1, 0.15) is 56.3 Å². The lowest BCUT2D eigenvalue weighted by Crippen LogP contribution is -2.55. The highest BCUT2D eigenvalue weighted by Gasteiger charge is 2.30. The Kier molecular flexibility index (Phi) is 11.2. The number of ether oxygens (including phenoxy) is 2. The van der Waals surface area contributed by atoms with Gasteiger partial charge in [-0.15, -0.1) is 10.2 Å². The minimum atomic E-state index is -0.0566. The number of benzene rings is 2. The average Bonchev–Trinajstić information content (AvgIpc) is 3.75. The fourth-order valence-electron chi connectivity index (χ4n) is 5.27. The maximum Gasteiger partial charge on any atom is 0.254 e. The van der Waals surface area contributed by atoms with Crippen LogP contribution in [0.3, 0.4) is 0 Å². The zero-order valence-corrected chi connectivity index (χ0v) is 27.0. The van der Waals surface area contributed by atoms with E-state index in [0.29, 0.717) is 49.8 Å². The molecule has 0 spiro atoms. The van der Waals surface area contributed by atoms with Crippen molar-refractivity contribution in [2.45, 2.75) is 57.1 Å². The number of amides is 2. The van der Waals surface area contributed by atoms with Crippen molar-refractivity contribution < 1.29 is 23.5 Å². The second-order valence-corrected chi connectivity index (χ2v) is 12.1. The van der Waals surface area contributed by atoms with E-state index in [1.165, 1.54) is 0 Å². The molecule has 0 radical (unpaired) electrons. The molecular weight excluding hydrogens is 590 g/mol. The summed E-state index contributed by atoms with van der Waals surface area (Å²) >= 11 is 1.60. The van der Waals surface area contributed by atoms with Gasteiger partial charge in [-0.25, -0.2) is 0 Å². The normalized spacial score (nSPS) is 14.9. The molecule has 0 N–H and O–H groups in total. The van der Waals surface area contributed by atoms with Gasteiger partial charge in [0.2, 0.25) is 11.7 Å². The molecule has 4 aromatic rings. The number of unbranched alkanes of at least 4 members (excludes halogenated alkanes) is 2. The molecule has 1 aliphatic heterocycles. The van der Waals surface area contributed by atoms with Crippen LogP contribution in [0.2, 0.25) is 0 Å². The second kappa shape index (κ2) is 15.7. The SMILES string of the molecule is CCCCOc1ccc(C(=O)N2CCN(C(=O)CCCCSc3nnc(-c4ccco4)n3-c3ccc(OC)cc3)CC2C)cc1. The fourth-order valence-corrected chi connectivity index (χ4v) is 6.22. The summed E-state index contributed by atoms with van der Waals surface area (Å²) in [6.45, 7) is 6.41. The maximum atomic E-state index is 13.2. The predicted molar refractivity (Wildman–Crippen MR) is 174 cm³/mol. The van der Waals surface area contributed by atoms with Crippen LogP contribution in [0.15, 0.2) is 76.5 Å². The van der Waals surface area contributed by atoms with Crippen LogP contribution in [-0.2, 0) is 4.79 Å². The molecule has 0 bridgehead atoms. The largest absolute Gasteiger partial charge is 0.497 e. The average molecular weight is 632 g/mol. The molecule has 0 aliphatic carbocycles. The zero-order chi connectivity index (χ0) is 31.6. The van der Waals surface area contributed by atoms with Gasteiger partial charge in [-0.05, 0) is 86.8 Å². The molecule has 2 aromatic carbocycles. The van der Waals surface area contributed by atoms with Crippen LogP contribution < -0.4 is 9.47 Å². The van der Waals surface area contributed by atoms with Crippen molar-refractivity contribution in [2.75, 3.05) is 39.1 Å². The van der Waals surface area contributed by atoms with Crippen molar-refractivity contribution in [3.8, 4) is 28.8 Å². The van der Waals surface area contributed by atoms with Crippen molar-refractivity contribution in [1.82, 2.24) is 24.6 Å². The second-order valence-electron chi connectivity index (χ2n) is 11.0. The Bertz CT molecular complexity index is 1520. The lowest BCUT2D eigenvalue weighted by atomic mass is 10.1. The van der Waals surface area contributed by atoms with E-state index >= 15 is 0 Å². The fraction of sp³-hybridized carbons (Fsp3) is 0.412. The molecule has 238 valence electrons. The molecule has 2 amide bonds. The van der Waals surface area contributed by atoms with Gasteiger partial charge in [-0.2, -0.15) is 0 Å². The summed E-state index contributed by atoms with van der Waals surface area (Å²) in [7, 11) is 1.64. The van der Waals surface area contributed by atoms with Crippen LogP contribution in [0, 0.1) is 0 Å². The Balaban J connectivity index is 1.09. The number of rotatable bonds is 14. The molecule has 3 heterocycles. The van der Waals surface area contributed by atoms with E-state index in [-0.39, 0.29) is 17.9 Å². The van der Waals surface area contributed by atoms with E-state index in [9.17, 15) is 9.59 Å². The highest BCUT2D eigenvalue weighted by molar-refractivity contribution is 7.99. The number of nitrogens with zero attached hydrogens (tertiary/aromatic N) is 5. The summed E-state index contributed by atoms with van der Waals surface area (Å²) in [4.78, 5) is 30.0. The molecule has 1 atom stereocenters. The van der Waals surface area contributed by atoms with Gasteiger partial charge in [0.25, 0.3) is 5.91 Å². The van der Waals surface area contributed by atoms with Crippen molar-refractivity contribution in [3.05, 3.63) is 72.5 Å². The molecular formula is C34H41N5O5S. The number of carbonyl (C=O) groups is 2. The highest BCUT2D eigenvalue weighted by atomic mass is 32.2. The number of methoxy groups -OCH3 is 1. The number of carbonyl (C=O) groups excluding carboxylic acids is 2. The first-order chi connectivity index (χ1) is 22.0. The van der Waals surface area contributed by atoms with Gasteiger partial charge < -0.3 is 23.7 Å². The first kappa shape index (κ1) is 32.2. The summed E-state index contributed by atoms with van der Waals surface area (Å²) in [5.74, 6) is 3.73. The topological polar surface area (TPSA) is 103 Å². The lowest BCUT2D eigenvalue weighted by molar-refractivity contribution is -0.133. The standard InChI is InChI=1S/C34H41N5O5S/c1-4-5-21-43-29-15-11-26(12-16-29)33(41)38-20-19-37(24-25(38)2)31(40)10-6-7-23-45-34-36-35-32(30-9-8-22-44-30)39(34)27-13-17-28(42-3)18-14-27/h8-9,11-18,22,25H,4-7,10,19-21,23-24H2,1-3H3. The van der Waals surface area contributed by atoms with Crippen LogP contribution in [0.5, 0.6) is 11.5 Å². The van der Waals surface area contributed by atoms with Crippen molar-refractivity contribution in [3.63, 3.8) is 0 Å². The van der Waals surface area contributed by atoms with Crippen LogP contribution in [0.25, 0.3) is 17.3 Å². The van der Waals surface area contributed by atoms with Gasteiger partial charge in [0, 0.05) is 43.4 Å². The van der Waals surface area contributed by atoms with E-state index in [4.69, 9.17) is 13.9 Å². The van der Waals surface area contributed by atoms with Gasteiger partial charge in [-0.1, -0.05) is 25.1 Å². The molecule has 0 saturated carbocycles. The van der Waals surface area contributed by atoms with E-state index < -0.39 is 0 Å². The summed E-state index contributed by atoms with van der Waals surface area (Å²) in [6.07, 6.45) is 5.80. The van der Waals surface area contributed by atoms with E-state index in [0.717, 1.165) is 53.8 Å². The van der Waals surface area contributed by atoms with E-state index in [1.807, 2.05) is 82.0 Å². The van der Waals surface area contributed by atoms with Gasteiger partial charge in [0.15, 0.2) is 10.9 Å². The number of thioether (sulfide) groups is 1. The molecule has 1 aliphatic rings. The van der Waals surface area contributed by atoms with Gasteiger partial charge in [-0.3, -0.25) is 14.2 Å². The quantitative estimate of drug-likeness (QED) is 0.117. The van der Waals surface area contributed by atoms with Gasteiger partial charge >= 0.3 is 0 Å². The van der Waals surface area contributed by atoms with Crippen LogP contribution in [0.4, 0.5) is 0 Å². The first-order valence-corrected chi connectivity index (χ1v) is 16.5. The Hall–Kier alpha value is -4.25. The van der Waals surface area contributed by atoms with Crippen LogP contribution >= 0.6 is 11.8 Å². The number of hydrogen-bond acceptors (Lipinski definition) is 8. The summed E-state index contributed by atoms with van der Waals surface area (Å²) in [5, 5.41) is 9.60. The van der Waals surface area contributed by atoms with E-state index in [1.54, 1.807) is 25.1 Å². The molecule has 11 heteroatoms. The van der Waals surface area contributed by atoms with Crippen LogP contribution in [-0.4, -0.2) is 81.5 Å². The maximum absolute atomic E-state index is 13.2. The monoisotopic (exact) mass is 631 g/mol. The lowest BCUT2D eigenvalue weighted by Gasteiger charge is -2.40. The number of piperazine rings is 1. The third-order valence-electron chi connectivity index (χ3n) is 7.83. The van der Waals surface area contributed by atoms with E-state index in [2.05, 4.69) is 17.1 Å². The number of hydrogen-bond donors (Lipinski definition) is 0. The summed E-state index contributed by atoms with van der Waals surface area (Å²) in [6, 6.07) is 18.7. The number of furan rings is 1. The van der Waals surface area contributed by atoms with Gasteiger partial charge in [0.1, 0.15) is 11.5 Å². The summed E-state index contributed by atoms with van der Waals surface area (Å²) in [5.41, 5.74) is 1.55. The summed E-state index contributed by atoms with van der Waals surface area (Å²) < 4.78 is 18.6. The Morgan fingerprint density at radius 1 is 0.978 bits per heavy atom. The molecule has 1 saturated heterocycles. The minimum Gasteiger partial charge on any atom is -0.497 e. The van der Waals surface area contributed by atoms with Gasteiger partial charge in [0.05, 0.1) is 25.7 Å².